The van der Waals surface area contributed by atoms with E-state index in [1.54, 1.807) is 24.3 Å². The fourth-order valence-electron chi connectivity index (χ4n) is 2.51. The number of rotatable bonds is 2. The summed E-state index contributed by atoms with van der Waals surface area (Å²) in [5.41, 5.74) is 7.07. The molecular formula is C16H11N2O3+. The molecule has 1 aliphatic rings. The number of nitrogens with two attached hydrogens (primary N) is 1. The van der Waals surface area contributed by atoms with Gasteiger partial charge < -0.3 is 4.42 Å². The molecule has 1 atom stereocenters. The summed E-state index contributed by atoms with van der Waals surface area (Å²) in [6.45, 7) is 8.85. The van der Waals surface area contributed by atoms with E-state index in [9.17, 15) is 9.59 Å². The number of ketones is 2. The molecule has 0 aliphatic heterocycles. The highest BCUT2D eigenvalue weighted by Gasteiger charge is 2.40. The number of furan rings is 1. The summed E-state index contributed by atoms with van der Waals surface area (Å²) in [7, 11) is 0. The van der Waals surface area contributed by atoms with E-state index < -0.39 is 17.7 Å². The molecule has 2 N–H and O–H groups in total. The Morgan fingerprint density at radius 1 is 1.24 bits per heavy atom. The topological polar surface area (TPSA) is 77.7 Å². The first-order valence-electron chi connectivity index (χ1n) is 6.23. The minimum absolute atomic E-state index is 0.121. The SMILES string of the molecule is C#[N+]C(N)c1c(C=C)oc2c1C(=O)C(=O)c1ccccc1-2. The number of fused-ring (bicyclic) bond motifs is 3. The summed E-state index contributed by atoms with van der Waals surface area (Å²) < 4.78 is 5.67. The lowest BCUT2D eigenvalue weighted by molar-refractivity contribution is 0.0814. The van der Waals surface area contributed by atoms with Crippen molar-refractivity contribution >= 4 is 17.6 Å². The van der Waals surface area contributed by atoms with Crippen LogP contribution in [0.15, 0.2) is 35.3 Å². The van der Waals surface area contributed by atoms with Crippen LogP contribution in [0, 0.1) is 6.57 Å². The minimum Gasteiger partial charge on any atom is -0.455 e. The van der Waals surface area contributed by atoms with Crippen LogP contribution in [0.3, 0.4) is 0 Å². The number of Topliss-reactive ketones (excluding diaryl/α,β-unsaturated/α-hetero) is 2. The number of nitrogens with zero attached hydrogens (tertiary/aromatic N) is 1. The van der Waals surface area contributed by atoms with Gasteiger partial charge in [-0.25, -0.2) is 0 Å². The molecule has 0 amide bonds. The van der Waals surface area contributed by atoms with Crippen molar-refractivity contribution in [1.82, 2.24) is 0 Å². The Morgan fingerprint density at radius 3 is 2.52 bits per heavy atom. The second kappa shape index (κ2) is 4.54. The predicted molar refractivity (Wildman–Crippen MR) is 78.1 cm³/mol. The molecule has 0 fully saturated rings. The van der Waals surface area contributed by atoms with Crippen molar-refractivity contribution in [3.05, 3.63) is 58.1 Å². The lowest BCUT2D eigenvalue weighted by Crippen LogP contribution is -2.23. The van der Waals surface area contributed by atoms with E-state index in [2.05, 4.69) is 11.4 Å². The van der Waals surface area contributed by atoms with Gasteiger partial charge in [0.1, 0.15) is 17.1 Å². The standard InChI is InChI=1S/C16H11N2O3/c1-3-10-11(16(17)18-2)12-14(20)13(19)8-6-4-5-7-9(8)15(12)21-10/h2-7,16H,1,17H2/q+1. The molecule has 0 spiro atoms. The van der Waals surface area contributed by atoms with Gasteiger partial charge in [-0.05, 0) is 6.08 Å². The summed E-state index contributed by atoms with van der Waals surface area (Å²) in [6, 6.07) is 6.74. The molecular weight excluding hydrogens is 268 g/mol. The molecule has 0 bridgehead atoms. The Morgan fingerprint density at radius 2 is 1.90 bits per heavy atom. The van der Waals surface area contributed by atoms with Gasteiger partial charge in [-0.3, -0.25) is 15.3 Å². The van der Waals surface area contributed by atoms with E-state index in [1.807, 2.05) is 0 Å². The summed E-state index contributed by atoms with van der Waals surface area (Å²) in [5, 5.41) is 0. The highest BCUT2D eigenvalue weighted by Crippen LogP contribution is 2.40. The molecule has 0 radical (unpaired) electrons. The van der Waals surface area contributed by atoms with Crippen LogP contribution in [0.1, 0.15) is 38.2 Å². The zero-order valence-corrected chi connectivity index (χ0v) is 11.0. The Hall–Kier alpha value is -2.97. The van der Waals surface area contributed by atoms with E-state index in [4.69, 9.17) is 16.7 Å². The molecule has 2 aromatic rings. The zero-order chi connectivity index (χ0) is 15.1. The van der Waals surface area contributed by atoms with Crippen molar-refractivity contribution in [2.45, 2.75) is 6.17 Å². The van der Waals surface area contributed by atoms with E-state index in [0.29, 0.717) is 22.6 Å². The van der Waals surface area contributed by atoms with E-state index in [1.165, 1.54) is 6.08 Å². The Bertz CT molecular complexity index is 840. The van der Waals surface area contributed by atoms with Crippen molar-refractivity contribution < 1.29 is 14.0 Å². The predicted octanol–water partition coefficient (Wildman–Crippen LogP) is 2.89. The first-order valence-corrected chi connectivity index (χ1v) is 6.23. The molecule has 0 saturated heterocycles. The monoisotopic (exact) mass is 279 g/mol. The Balaban J connectivity index is 2.41. The van der Waals surface area contributed by atoms with Crippen LogP contribution >= 0.6 is 0 Å². The first-order chi connectivity index (χ1) is 10.1. The quantitative estimate of drug-likeness (QED) is 0.857. The van der Waals surface area contributed by atoms with E-state index in [-0.39, 0.29) is 11.1 Å². The van der Waals surface area contributed by atoms with Crippen LogP contribution in [0.2, 0.25) is 0 Å². The van der Waals surface area contributed by atoms with Gasteiger partial charge >= 0.3 is 6.17 Å². The molecule has 1 aromatic carbocycles. The summed E-state index contributed by atoms with van der Waals surface area (Å²) in [5.74, 6) is -0.673. The highest BCUT2D eigenvalue weighted by atomic mass is 16.3. The fraction of sp³-hybridized carbons (Fsp3) is 0.0625. The van der Waals surface area contributed by atoms with Gasteiger partial charge in [0.2, 0.25) is 11.6 Å². The summed E-state index contributed by atoms with van der Waals surface area (Å²) in [6.07, 6.45) is 0.450. The second-order valence-corrected chi connectivity index (χ2v) is 4.59. The molecule has 1 aromatic heterocycles. The van der Waals surface area contributed by atoms with Gasteiger partial charge in [-0.2, -0.15) is 0 Å². The lowest BCUT2D eigenvalue weighted by Gasteiger charge is -2.13. The number of hydrogen-bond acceptors (Lipinski definition) is 4. The maximum absolute atomic E-state index is 12.4. The Labute approximate surface area is 120 Å². The largest absolute Gasteiger partial charge is 0.455 e. The maximum Gasteiger partial charge on any atom is 0.353 e. The highest BCUT2D eigenvalue weighted by molar-refractivity contribution is 6.53. The molecule has 5 nitrogen and oxygen atoms in total. The van der Waals surface area contributed by atoms with E-state index in [0.717, 1.165) is 0 Å². The average molecular weight is 279 g/mol. The third kappa shape index (κ3) is 1.67. The van der Waals surface area contributed by atoms with Crippen LogP contribution in [0.5, 0.6) is 0 Å². The normalized spacial score (nSPS) is 14.1. The first kappa shape index (κ1) is 13.0. The number of hydrogen-bond donors (Lipinski definition) is 1. The van der Waals surface area contributed by atoms with Gasteiger partial charge in [0.05, 0.1) is 5.56 Å². The molecule has 21 heavy (non-hydrogen) atoms. The average Bonchev–Trinajstić information content (AvgIpc) is 2.91. The van der Waals surface area contributed by atoms with Crippen molar-refractivity contribution in [2.75, 3.05) is 0 Å². The molecule has 1 heterocycles. The molecule has 1 unspecified atom stereocenters. The van der Waals surface area contributed by atoms with Crippen LogP contribution in [-0.2, 0) is 0 Å². The van der Waals surface area contributed by atoms with Gasteiger partial charge in [0.25, 0.3) is 6.57 Å². The van der Waals surface area contributed by atoms with Crippen LogP contribution in [-0.4, -0.2) is 11.6 Å². The Kier molecular flexibility index (Phi) is 2.82. The van der Waals surface area contributed by atoms with Crippen LogP contribution in [0.4, 0.5) is 0 Å². The molecule has 0 saturated carbocycles. The second-order valence-electron chi connectivity index (χ2n) is 4.59. The number of carbonyl (C=O) groups is 2. The molecule has 3 rings (SSSR count). The smallest absolute Gasteiger partial charge is 0.353 e. The number of carbonyl (C=O) groups excluding carboxylic acids is 2. The molecule has 5 heteroatoms. The van der Waals surface area contributed by atoms with E-state index >= 15 is 0 Å². The van der Waals surface area contributed by atoms with Crippen molar-refractivity contribution in [1.29, 1.82) is 0 Å². The van der Waals surface area contributed by atoms with Crippen molar-refractivity contribution in [2.24, 2.45) is 5.73 Å². The maximum atomic E-state index is 12.4. The molecule has 1 aliphatic carbocycles. The van der Waals surface area contributed by atoms with Gasteiger partial charge in [0.15, 0.2) is 0 Å². The third-order valence-corrected chi connectivity index (χ3v) is 3.47. The minimum atomic E-state index is -0.965. The lowest BCUT2D eigenvalue weighted by atomic mass is 9.86. The van der Waals surface area contributed by atoms with Crippen molar-refractivity contribution in [3.8, 4) is 17.9 Å². The summed E-state index contributed by atoms with van der Waals surface area (Å²) in [4.78, 5) is 28.1. The molecule has 102 valence electrons. The van der Waals surface area contributed by atoms with Gasteiger partial charge in [0, 0.05) is 11.1 Å². The number of benzene rings is 1. The van der Waals surface area contributed by atoms with Crippen molar-refractivity contribution in [3.63, 3.8) is 0 Å². The van der Waals surface area contributed by atoms with Gasteiger partial charge in [-0.15, -0.1) is 0 Å². The zero-order valence-electron chi connectivity index (χ0n) is 11.0. The van der Waals surface area contributed by atoms with Crippen LogP contribution < -0.4 is 5.73 Å². The third-order valence-electron chi connectivity index (χ3n) is 3.47. The van der Waals surface area contributed by atoms with Crippen LogP contribution in [0.25, 0.3) is 22.2 Å². The summed E-state index contributed by atoms with van der Waals surface area (Å²) >= 11 is 0. The van der Waals surface area contributed by atoms with Gasteiger partial charge in [-0.1, -0.05) is 35.7 Å². The fourth-order valence-corrected chi connectivity index (χ4v) is 2.51.